The number of hydrogen-bond acceptors (Lipinski definition) is 5. The number of likely N-dealkylation sites (tertiary alicyclic amines) is 1. The van der Waals surface area contributed by atoms with E-state index >= 15 is 0 Å². The van der Waals surface area contributed by atoms with Gasteiger partial charge in [-0.15, -0.1) is 0 Å². The average Bonchev–Trinajstić information content (AvgIpc) is 3.51. The lowest BCUT2D eigenvalue weighted by atomic mass is 9.91. The van der Waals surface area contributed by atoms with Gasteiger partial charge in [0.25, 0.3) is 10.0 Å². The highest BCUT2D eigenvalue weighted by Gasteiger charge is 2.30. The van der Waals surface area contributed by atoms with Crippen LogP contribution in [0.3, 0.4) is 0 Å². The molecule has 9 heteroatoms. The van der Waals surface area contributed by atoms with Crippen molar-refractivity contribution in [3.8, 4) is 0 Å². The fraction of sp³-hybridized carbons (Fsp3) is 0.385. The highest BCUT2D eigenvalue weighted by atomic mass is 32.2. The van der Waals surface area contributed by atoms with E-state index in [0.29, 0.717) is 25.2 Å². The molecule has 1 amide bonds. The molecule has 6 rings (SSSR count). The molecule has 48 heavy (non-hydrogen) atoms. The van der Waals surface area contributed by atoms with Gasteiger partial charge in [-0.1, -0.05) is 79.1 Å². The van der Waals surface area contributed by atoms with Crippen molar-refractivity contribution in [2.45, 2.75) is 69.9 Å². The van der Waals surface area contributed by atoms with Gasteiger partial charge in [-0.2, -0.15) is 0 Å². The van der Waals surface area contributed by atoms with E-state index in [-0.39, 0.29) is 22.6 Å². The highest BCUT2D eigenvalue weighted by molar-refractivity contribution is 7.92. The predicted molar refractivity (Wildman–Crippen MR) is 189 cm³/mol. The van der Waals surface area contributed by atoms with E-state index in [9.17, 15) is 23.1 Å². The molecule has 1 saturated heterocycles. The van der Waals surface area contributed by atoms with Crippen molar-refractivity contribution in [3.05, 3.63) is 107 Å². The number of carboxylic acids is 1. The maximum Gasteiger partial charge on any atom is 0.306 e. The number of carbonyl (C=O) groups excluding carboxylic acids is 1. The number of amides is 1. The maximum atomic E-state index is 14.2. The molecule has 0 aromatic heterocycles. The number of fused-ring (bicyclic) bond motifs is 2. The third-order valence-corrected chi connectivity index (χ3v) is 11.3. The van der Waals surface area contributed by atoms with Gasteiger partial charge in [-0.05, 0) is 110 Å². The maximum absolute atomic E-state index is 14.2. The second-order valence-corrected chi connectivity index (χ2v) is 15.2. The van der Waals surface area contributed by atoms with E-state index in [1.54, 1.807) is 30.3 Å². The summed E-state index contributed by atoms with van der Waals surface area (Å²) >= 11 is 0. The lowest BCUT2D eigenvalue weighted by molar-refractivity contribution is -0.143. The van der Waals surface area contributed by atoms with E-state index in [4.69, 9.17) is 0 Å². The molecule has 0 bridgehead atoms. The van der Waals surface area contributed by atoms with Crippen LogP contribution in [0.15, 0.2) is 89.8 Å². The quantitative estimate of drug-likeness (QED) is 0.149. The molecule has 0 unspecified atom stereocenters. The monoisotopic (exact) mass is 667 g/mol. The van der Waals surface area contributed by atoms with Gasteiger partial charge in [-0.25, -0.2) is 8.42 Å². The van der Waals surface area contributed by atoms with Crippen LogP contribution in [-0.2, 0) is 39.1 Å². The van der Waals surface area contributed by atoms with Crippen LogP contribution in [0.25, 0.3) is 10.8 Å². The number of piperidine rings is 1. The zero-order valence-electron chi connectivity index (χ0n) is 27.6. The molecule has 4 aromatic carbocycles. The Morgan fingerprint density at radius 1 is 0.854 bits per heavy atom. The molecule has 1 atom stereocenters. The molecule has 2 aliphatic heterocycles. The van der Waals surface area contributed by atoms with Crippen molar-refractivity contribution in [1.29, 1.82) is 0 Å². The van der Waals surface area contributed by atoms with Gasteiger partial charge in [0.05, 0.1) is 10.8 Å². The fourth-order valence-corrected chi connectivity index (χ4v) is 8.12. The van der Waals surface area contributed by atoms with Crippen molar-refractivity contribution >= 4 is 38.4 Å². The van der Waals surface area contributed by atoms with Crippen molar-refractivity contribution in [3.63, 3.8) is 0 Å². The summed E-state index contributed by atoms with van der Waals surface area (Å²) in [4.78, 5) is 29.9. The lowest BCUT2D eigenvalue weighted by Crippen LogP contribution is -2.36. The first-order valence-electron chi connectivity index (χ1n) is 17.1. The number of carboxylic acid groups (broad SMARTS) is 1. The Balaban J connectivity index is 1.09. The van der Waals surface area contributed by atoms with E-state index in [2.05, 4.69) is 40.0 Å². The van der Waals surface area contributed by atoms with Crippen molar-refractivity contribution < 1.29 is 23.1 Å². The van der Waals surface area contributed by atoms with Gasteiger partial charge < -0.3 is 14.9 Å². The number of carbonyl (C=O) groups is 2. The minimum absolute atomic E-state index is 0.136. The minimum atomic E-state index is -3.73. The Morgan fingerprint density at radius 2 is 1.58 bits per heavy atom. The first-order valence-corrected chi connectivity index (χ1v) is 18.6. The summed E-state index contributed by atoms with van der Waals surface area (Å²) in [7, 11) is -3.73. The summed E-state index contributed by atoms with van der Waals surface area (Å²) in [6.45, 7) is 5.53. The molecule has 252 valence electrons. The van der Waals surface area contributed by atoms with Crippen molar-refractivity contribution in [2.24, 2.45) is 11.8 Å². The summed E-state index contributed by atoms with van der Waals surface area (Å²) in [5.41, 5.74) is 4.63. The number of anilines is 1. The molecule has 0 saturated carbocycles. The van der Waals surface area contributed by atoms with Gasteiger partial charge in [0.1, 0.15) is 0 Å². The predicted octanol–water partition coefficient (Wildman–Crippen LogP) is 7.01. The third-order valence-electron chi connectivity index (χ3n) is 9.93. The zero-order valence-corrected chi connectivity index (χ0v) is 28.4. The number of aliphatic carboxylic acids is 1. The first-order chi connectivity index (χ1) is 23.1. The van der Waals surface area contributed by atoms with Gasteiger partial charge in [0.2, 0.25) is 5.91 Å². The number of benzene rings is 4. The second-order valence-electron chi connectivity index (χ2n) is 13.5. The molecule has 4 aromatic rings. The molecule has 0 spiro atoms. The Bertz CT molecular complexity index is 1870. The van der Waals surface area contributed by atoms with Crippen LogP contribution in [0.4, 0.5) is 5.69 Å². The number of aryl methyl sites for hydroxylation is 1. The molecule has 1 fully saturated rings. The average molecular weight is 668 g/mol. The Morgan fingerprint density at radius 3 is 2.33 bits per heavy atom. The highest BCUT2D eigenvalue weighted by Crippen LogP contribution is 2.30. The molecule has 0 aliphatic carbocycles. The van der Waals surface area contributed by atoms with Crippen LogP contribution < -0.4 is 4.72 Å². The number of rotatable bonds is 13. The van der Waals surface area contributed by atoms with Crippen LogP contribution in [-0.4, -0.2) is 54.8 Å². The fourth-order valence-electron chi connectivity index (χ4n) is 7.07. The van der Waals surface area contributed by atoms with E-state index in [1.165, 1.54) is 10.8 Å². The molecule has 2 aliphatic rings. The topological polar surface area (TPSA) is 107 Å². The van der Waals surface area contributed by atoms with Crippen LogP contribution in [0.5, 0.6) is 0 Å². The number of sulfonamides is 1. The smallest absolute Gasteiger partial charge is 0.306 e. The van der Waals surface area contributed by atoms with Crippen LogP contribution in [0.2, 0.25) is 0 Å². The van der Waals surface area contributed by atoms with Crippen LogP contribution in [0, 0.1) is 18.8 Å². The van der Waals surface area contributed by atoms with E-state index in [1.807, 2.05) is 36.1 Å². The number of unbranched alkanes of at least 4 members (excludes halogenated alkanes) is 2. The summed E-state index contributed by atoms with van der Waals surface area (Å²) < 4.78 is 28.7. The normalized spacial score (nSPS) is 16.1. The third kappa shape index (κ3) is 8.25. The Labute approximate surface area is 283 Å². The summed E-state index contributed by atoms with van der Waals surface area (Å²) in [5.74, 6) is -0.918. The van der Waals surface area contributed by atoms with Crippen molar-refractivity contribution in [2.75, 3.05) is 24.4 Å². The second kappa shape index (κ2) is 14.9. The summed E-state index contributed by atoms with van der Waals surface area (Å²) in [5, 5.41) is 11.6. The number of nitrogens with one attached hydrogen (secondary N) is 1. The standard InChI is InChI=1S/C39H45N3O5S/c1-28-10-16-37(17-11-28)48(46,47)40-36-15-14-34-26-42(27-35(34)25-36)38(43)33(24-29-12-13-30-7-4-5-8-32(30)23-29)9-3-2-6-20-41-21-18-31(19-22-41)39(44)45/h4-5,7-8,10-17,23,25,31,33,40H,2-3,6,9,18-22,24,26-27H2,1H3,(H,44,45)/t33-/m1/s1. The van der Waals surface area contributed by atoms with Crippen molar-refractivity contribution in [1.82, 2.24) is 9.80 Å². The molecule has 8 nitrogen and oxygen atoms in total. The molecule has 2 N–H and O–H groups in total. The molecular formula is C39H45N3O5S. The van der Waals surface area contributed by atoms with Gasteiger partial charge in [-0.3, -0.25) is 14.3 Å². The molecule has 0 radical (unpaired) electrons. The minimum Gasteiger partial charge on any atom is -0.481 e. The van der Waals surface area contributed by atoms with Gasteiger partial charge in [0.15, 0.2) is 0 Å². The molecular weight excluding hydrogens is 623 g/mol. The van der Waals surface area contributed by atoms with E-state index in [0.717, 1.165) is 80.4 Å². The Kier molecular flexibility index (Phi) is 10.5. The summed E-state index contributed by atoms with van der Waals surface area (Å²) in [6, 6.07) is 27.1. The largest absolute Gasteiger partial charge is 0.481 e. The zero-order chi connectivity index (χ0) is 33.7. The molecule has 2 heterocycles. The van der Waals surface area contributed by atoms with Crippen LogP contribution >= 0.6 is 0 Å². The van der Waals surface area contributed by atoms with Gasteiger partial charge in [0, 0.05) is 24.7 Å². The lowest BCUT2D eigenvalue weighted by Gasteiger charge is -2.30. The Hall–Kier alpha value is -4.21. The summed E-state index contributed by atoms with van der Waals surface area (Å²) in [6.07, 6.45) is 5.89. The van der Waals surface area contributed by atoms with Crippen LogP contribution in [0.1, 0.15) is 60.8 Å². The van der Waals surface area contributed by atoms with Gasteiger partial charge >= 0.3 is 5.97 Å². The number of hydrogen-bond donors (Lipinski definition) is 2. The first kappa shape index (κ1) is 33.7. The SMILES string of the molecule is Cc1ccc(S(=O)(=O)Nc2ccc3c(c2)CN(C(=O)[C@H](CCCCCN2CCC(C(=O)O)CC2)Cc2ccc4ccccc4c2)C3)cc1. The van der Waals surface area contributed by atoms with E-state index < -0.39 is 16.0 Å². The number of nitrogens with zero attached hydrogens (tertiary/aromatic N) is 2.